The number of hydrogen-bond donors (Lipinski definition) is 2. The van der Waals surface area contributed by atoms with Gasteiger partial charge in [0.2, 0.25) is 5.91 Å². The van der Waals surface area contributed by atoms with Gasteiger partial charge >= 0.3 is 0 Å². The Morgan fingerprint density at radius 2 is 1.70 bits per heavy atom. The number of carbonyl (C=O) groups is 3. The van der Waals surface area contributed by atoms with Crippen molar-refractivity contribution in [2.45, 2.75) is 36.3 Å². The molecule has 3 aromatic rings. The zero-order valence-corrected chi connectivity index (χ0v) is 22.7. The number of thiazole rings is 1. The second-order valence-corrected chi connectivity index (χ2v) is 11.7. The van der Waals surface area contributed by atoms with Gasteiger partial charge in [-0.1, -0.05) is 35.6 Å². The van der Waals surface area contributed by atoms with E-state index < -0.39 is 5.60 Å². The van der Waals surface area contributed by atoms with Crippen molar-refractivity contribution in [3.63, 3.8) is 0 Å². The number of rotatable bonds is 7. The molecule has 0 atom stereocenters. The number of thioether (sulfide) groups is 1. The number of nitrogens with one attached hydrogen (secondary N) is 1. The first-order valence-electron chi connectivity index (χ1n) is 12.0. The van der Waals surface area contributed by atoms with Gasteiger partial charge in [0.1, 0.15) is 0 Å². The molecule has 2 N–H and O–H groups in total. The molecule has 0 unspecified atom stereocenters. The lowest BCUT2D eigenvalue weighted by molar-refractivity contribution is -0.130. The summed E-state index contributed by atoms with van der Waals surface area (Å²) in [5.74, 6) is 0.419. The molecule has 1 fully saturated rings. The lowest BCUT2D eigenvalue weighted by Crippen LogP contribution is -2.50. The quantitative estimate of drug-likeness (QED) is 0.437. The fourth-order valence-corrected chi connectivity index (χ4v) is 5.75. The van der Waals surface area contributed by atoms with Crippen molar-refractivity contribution in [1.29, 1.82) is 0 Å². The molecule has 0 aliphatic carbocycles. The number of nitrogens with zero attached hydrogens (tertiary/aromatic N) is 3. The number of benzene rings is 2. The van der Waals surface area contributed by atoms with Crippen LogP contribution in [0.5, 0.6) is 0 Å². The summed E-state index contributed by atoms with van der Waals surface area (Å²) in [4.78, 5) is 44.9. The zero-order chi connectivity index (χ0) is 26.6. The van der Waals surface area contributed by atoms with E-state index in [1.54, 1.807) is 72.8 Å². The van der Waals surface area contributed by atoms with Crippen LogP contribution in [0, 0.1) is 0 Å². The zero-order valence-electron chi connectivity index (χ0n) is 21.1. The van der Waals surface area contributed by atoms with Crippen LogP contribution >= 0.6 is 23.1 Å². The largest absolute Gasteiger partial charge is 0.386 e. The van der Waals surface area contributed by atoms with E-state index in [-0.39, 0.29) is 17.7 Å². The van der Waals surface area contributed by atoms with Gasteiger partial charge in [0.15, 0.2) is 5.13 Å². The van der Waals surface area contributed by atoms with Crippen molar-refractivity contribution in [2.24, 2.45) is 0 Å². The van der Waals surface area contributed by atoms with E-state index in [0.717, 1.165) is 15.3 Å². The molecule has 37 heavy (non-hydrogen) atoms. The van der Waals surface area contributed by atoms with Gasteiger partial charge in [-0.3, -0.25) is 19.7 Å². The SMILES string of the molecule is CC(=O)N1CCN(C(=O)c2cccc(CSc3cnc(NC(=O)c4ccc(C(C)(C)O)cc4)s3)c2)CC1. The number of amides is 3. The topological polar surface area (TPSA) is 103 Å². The van der Waals surface area contributed by atoms with Crippen molar-refractivity contribution < 1.29 is 19.5 Å². The van der Waals surface area contributed by atoms with Crippen LogP contribution in [-0.2, 0) is 16.1 Å². The fourth-order valence-electron chi connectivity index (χ4n) is 3.94. The van der Waals surface area contributed by atoms with Crippen LogP contribution in [0.2, 0.25) is 0 Å². The van der Waals surface area contributed by atoms with E-state index in [9.17, 15) is 19.5 Å². The monoisotopic (exact) mass is 538 g/mol. The highest BCUT2D eigenvalue weighted by Crippen LogP contribution is 2.31. The minimum absolute atomic E-state index is 0.0200. The molecule has 10 heteroatoms. The van der Waals surface area contributed by atoms with Gasteiger partial charge in [-0.05, 0) is 49.2 Å². The Morgan fingerprint density at radius 1 is 1.03 bits per heavy atom. The highest BCUT2D eigenvalue weighted by Gasteiger charge is 2.23. The fraction of sp³-hybridized carbons (Fsp3) is 0.333. The van der Waals surface area contributed by atoms with Crippen LogP contribution in [0.25, 0.3) is 0 Å². The first-order chi connectivity index (χ1) is 17.6. The average Bonchev–Trinajstić information content (AvgIpc) is 3.34. The highest BCUT2D eigenvalue weighted by molar-refractivity contribution is 8.00. The Kier molecular flexibility index (Phi) is 8.31. The second kappa shape index (κ2) is 11.5. The average molecular weight is 539 g/mol. The number of piperazine rings is 1. The van der Waals surface area contributed by atoms with E-state index in [4.69, 9.17) is 0 Å². The molecule has 0 radical (unpaired) electrons. The van der Waals surface area contributed by atoms with Crippen LogP contribution in [0.15, 0.2) is 58.9 Å². The lowest BCUT2D eigenvalue weighted by Gasteiger charge is -2.34. The molecule has 2 heterocycles. The third-order valence-corrected chi connectivity index (χ3v) is 8.30. The molecule has 194 valence electrons. The number of carbonyl (C=O) groups excluding carboxylic acids is 3. The summed E-state index contributed by atoms with van der Waals surface area (Å²) < 4.78 is 0.949. The van der Waals surface area contributed by atoms with E-state index in [2.05, 4.69) is 10.3 Å². The molecule has 8 nitrogen and oxygen atoms in total. The van der Waals surface area contributed by atoms with Crippen LogP contribution < -0.4 is 5.32 Å². The van der Waals surface area contributed by atoms with E-state index in [1.165, 1.54) is 11.3 Å². The molecule has 0 bridgehead atoms. The van der Waals surface area contributed by atoms with Gasteiger partial charge in [-0.15, -0.1) is 11.8 Å². The van der Waals surface area contributed by atoms with Crippen LogP contribution in [0.1, 0.15) is 52.6 Å². The maximum absolute atomic E-state index is 12.9. The molecular weight excluding hydrogens is 508 g/mol. The molecule has 1 aromatic heterocycles. The van der Waals surface area contributed by atoms with Crippen molar-refractivity contribution in [3.05, 3.63) is 77.0 Å². The van der Waals surface area contributed by atoms with Crippen molar-refractivity contribution in [1.82, 2.24) is 14.8 Å². The van der Waals surface area contributed by atoms with Crippen LogP contribution in [0.3, 0.4) is 0 Å². The maximum Gasteiger partial charge on any atom is 0.257 e. The van der Waals surface area contributed by atoms with E-state index in [1.807, 2.05) is 24.3 Å². The molecular formula is C27H30N4O4S2. The molecule has 1 saturated heterocycles. The van der Waals surface area contributed by atoms with Crippen LogP contribution in [-0.4, -0.2) is 63.8 Å². The summed E-state index contributed by atoms with van der Waals surface area (Å²) in [5.41, 5.74) is 1.92. The third-order valence-electron chi connectivity index (χ3n) is 6.13. The Labute approximate surface area is 224 Å². The predicted molar refractivity (Wildman–Crippen MR) is 146 cm³/mol. The molecule has 4 rings (SSSR count). The minimum atomic E-state index is -0.963. The van der Waals surface area contributed by atoms with Crippen molar-refractivity contribution in [3.8, 4) is 0 Å². The van der Waals surface area contributed by atoms with E-state index >= 15 is 0 Å². The summed E-state index contributed by atoms with van der Waals surface area (Å²) in [6, 6.07) is 14.4. The molecule has 1 aliphatic heterocycles. The van der Waals surface area contributed by atoms with Gasteiger partial charge in [0.25, 0.3) is 11.8 Å². The van der Waals surface area contributed by atoms with Gasteiger partial charge in [0.05, 0.1) is 16.0 Å². The van der Waals surface area contributed by atoms with Gasteiger partial charge < -0.3 is 14.9 Å². The summed E-state index contributed by atoms with van der Waals surface area (Å²) in [6.07, 6.45) is 1.73. The third kappa shape index (κ3) is 6.97. The second-order valence-electron chi connectivity index (χ2n) is 9.36. The van der Waals surface area contributed by atoms with Gasteiger partial charge in [-0.25, -0.2) is 4.98 Å². The summed E-state index contributed by atoms with van der Waals surface area (Å²) in [6.45, 7) is 7.15. The first kappa shape index (κ1) is 26.8. The van der Waals surface area contributed by atoms with Crippen molar-refractivity contribution in [2.75, 3.05) is 31.5 Å². The first-order valence-corrected chi connectivity index (χ1v) is 13.8. The van der Waals surface area contributed by atoms with E-state index in [0.29, 0.717) is 48.2 Å². The molecule has 0 saturated carbocycles. The number of anilines is 1. The minimum Gasteiger partial charge on any atom is -0.386 e. The molecule has 2 aromatic carbocycles. The normalized spacial score (nSPS) is 13.9. The lowest BCUT2D eigenvalue weighted by atomic mass is 9.97. The van der Waals surface area contributed by atoms with Crippen molar-refractivity contribution >= 4 is 46.0 Å². The van der Waals surface area contributed by atoms with Gasteiger partial charge in [-0.2, -0.15) is 0 Å². The Bertz CT molecular complexity index is 1280. The number of hydrogen-bond acceptors (Lipinski definition) is 7. The molecule has 0 spiro atoms. The van der Waals surface area contributed by atoms with Gasteiger partial charge in [0, 0.05) is 50.0 Å². The number of aliphatic hydroxyl groups is 1. The smallest absolute Gasteiger partial charge is 0.257 e. The predicted octanol–water partition coefficient (Wildman–Crippen LogP) is 4.22. The Hall–Kier alpha value is -3.21. The molecule has 1 aliphatic rings. The number of aromatic nitrogens is 1. The molecule has 3 amide bonds. The Balaban J connectivity index is 1.31. The van der Waals surface area contributed by atoms with Crippen LogP contribution in [0.4, 0.5) is 5.13 Å². The summed E-state index contributed by atoms with van der Waals surface area (Å²) in [5, 5.41) is 13.4. The Morgan fingerprint density at radius 3 is 2.35 bits per heavy atom. The summed E-state index contributed by atoms with van der Waals surface area (Å²) >= 11 is 2.98. The standard InChI is InChI=1S/C27H30N4O4S2/c1-18(32)30-11-13-31(14-12-30)25(34)21-6-4-5-19(15-21)17-36-23-16-28-26(37-23)29-24(33)20-7-9-22(10-8-20)27(2,3)35/h4-10,15-16,35H,11-14,17H2,1-3H3,(H,28,29,33). The summed E-state index contributed by atoms with van der Waals surface area (Å²) in [7, 11) is 0. The maximum atomic E-state index is 12.9. The highest BCUT2D eigenvalue weighted by atomic mass is 32.2.